The average Bonchev–Trinajstić information content (AvgIpc) is 3.23. The van der Waals surface area contributed by atoms with E-state index >= 15 is 0 Å². The third-order valence-electron chi connectivity index (χ3n) is 5.81. The van der Waals surface area contributed by atoms with Crippen LogP contribution >= 0.6 is 0 Å². The predicted octanol–water partition coefficient (Wildman–Crippen LogP) is 3.47. The molecule has 32 heavy (non-hydrogen) atoms. The Morgan fingerprint density at radius 2 is 2.03 bits per heavy atom. The number of nitrogens with one attached hydrogen (secondary N) is 1. The molecule has 1 fully saturated rings. The Morgan fingerprint density at radius 1 is 1.16 bits per heavy atom. The van der Waals surface area contributed by atoms with Crippen molar-refractivity contribution in [1.82, 2.24) is 24.7 Å². The fraction of sp³-hybridized carbons (Fsp3) is 0.333. The van der Waals surface area contributed by atoms with Crippen molar-refractivity contribution < 1.29 is 9.47 Å². The minimum atomic E-state index is 0.142. The molecule has 8 heteroatoms. The number of hydrogen-bond donors (Lipinski definition) is 1. The second-order valence-corrected chi connectivity index (χ2v) is 8.65. The lowest BCUT2D eigenvalue weighted by Gasteiger charge is -2.38. The van der Waals surface area contributed by atoms with Gasteiger partial charge in [0.15, 0.2) is 5.82 Å². The largest absolute Gasteiger partial charge is 0.496 e. The van der Waals surface area contributed by atoms with Gasteiger partial charge in [-0.1, -0.05) is 19.1 Å². The zero-order chi connectivity index (χ0) is 22.1. The van der Waals surface area contributed by atoms with E-state index in [0.717, 1.165) is 64.7 Å². The van der Waals surface area contributed by atoms with E-state index in [0.29, 0.717) is 6.42 Å². The summed E-state index contributed by atoms with van der Waals surface area (Å²) in [6.45, 7) is 4.53. The number of aryl methyl sites for hydroxylation is 1. The van der Waals surface area contributed by atoms with Gasteiger partial charge in [-0.05, 0) is 17.7 Å². The van der Waals surface area contributed by atoms with Crippen molar-refractivity contribution in [3.05, 3.63) is 60.4 Å². The Bertz CT molecular complexity index is 1260. The Hall–Kier alpha value is -3.52. The smallest absolute Gasteiger partial charge is 0.152 e. The van der Waals surface area contributed by atoms with Crippen LogP contribution in [-0.4, -0.2) is 51.6 Å². The first-order valence-corrected chi connectivity index (χ1v) is 10.6. The summed E-state index contributed by atoms with van der Waals surface area (Å²) in [4.78, 5) is 13.9. The number of benzene rings is 1. The molecule has 0 aliphatic carbocycles. The van der Waals surface area contributed by atoms with E-state index in [2.05, 4.69) is 39.4 Å². The molecular weight excluding hydrogens is 404 g/mol. The Balaban J connectivity index is 1.41. The maximum absolute atomic E-state index is 5.67. The number of anilines is 1. The molecule has 0 atom stereocenters. The van der Waals surface area contributed by atoms with Gasteiger partial charge < -0.3 is 14.8 Å². The fourth-order valence-corrected chi connectivity index (χ4v) is 3.87. The van der Waals surface area contributed by atoms with Crippen molar-refractivity contribution in [1.29, 1.82) is 0 Å². The van der Waals surface area contributed by atoms with E-state index in [1.807, 2.05) is 37.8 Å². The van der Waals surface area contributed by atoms with Crippen LogP contribution in [0, 0.1) is 5.41 Å². The van der Waals surface area contributed by atoms with E-state index in [4.69, 9.17) is 14.5 Å². The Morgan fingerprint density at radius 3 is 2.75 bits per heavy atom. The number of ether oxygens (including phenoxy) is 2. The highest BCUT2D eigenvalue weighted by atomic mass is 16.5. The minimum Gasteiger partial charge on any atom is -0.496 e. The van der Waals surface area contributed by atoms with Crippen molar-refractivity contribution in [2.24, 2.45) is 12.5 Å². The third kappa shape index (κ3) is 4.01. The summed E-state index contributed by atoms with van der Waals surface area (Å²) in [6.07, 6.45) is 8.03. The fourth-order valence-electron chi connectivity index (χ4n) is 3.87. The summed E-state index contributed by atoms with van der Waals surface area (Å²) < 4.78 is 12.8. The number of methoxy groups -OCH3 is 1. The van der Waals surface area contributed by atoms with Crippen LogP contribution in [0.2, 0.25) is 0 Å². The lowest BCUT2D eigenvalue weighted by Crippen LogP contribution is -2.45. The number of fused-ring (bicyclic) bond motifs is 1. The zero-order valence-electron chi connectivity index (χ0n) is 18.5. The molecule has 1 aromatic carbocycles. The molecule has 164 valence electrons. The summed E-state index contributed by atoms with van der Waals surface area (Å²) >= 11 is 0. The summed E-state index contributed by atoms with van der Waals surface area (Å²) in [7, 11) is 3.59. The molecule has 0 spiro atoms. The topological polar surface area (TPSA) is 87.0 Å². The van der Waals surface area contributed by atoms with Gasteiger partial charge in [-0.15, -0.1) is 0 Å². The van der Waals surface area contributed by atoms with Gasteiger partial charge in [0.1, 0.15) is 17.1 Å². The summed E-state index contributed by atoms with van der Waals surface area (Å²) in [6, 6.07) is 8.10. The van der Waals surface area contributed by atoms with Gasteiger partial charge >= 0.3 is 0 Å². The number of rotatable bonds is 7. The monoisotopic (exact) mass is 430 g/mol. The molecule has 0 amide bonds. The highest BCUT2D eigenvalue weighted by Crippen LogP contribution is 2.30. The maximum atomic E-state index is 5.67. The Kier molecular flexibility index (Phi) is 5.22. The molecule has 4 aromatic rings. The van der Waals surface area contributed by atoms with Crippen LogP contribution in [0.25, 0.3) is 22.0 Å². The average molecular weight is 431 g/mol. The molecule has 0 saturated carbocycles. The molecule has 1 N–H and O–H groups in total. The molecule has 8 nitrogen and oxygen atoms in total. The summed E-state index contributed by atoms with van der Waals surface area (Å²) in [5, 5.41) is 8.67. The number of hydrogen-bond acceptors (Lipinski definition) is 7. The molecule has 1 aliphatic rings. The van der Waals surface area contributed by atoms with E-state index in [-0.39, 0.29) is 5.41 Å². The summed E-state index contributed by atoms with van der Waals surface area (Å²) in [5.74, 6) is 2.30. The third-order valence-corrected chi connectivity index (χ3v) is 5.81. The molecule has 5 rings (SSSR count). The molecule has 0 bridgehead atoms. The lowest BCUT2D eigenvalue weighted by atomic mass is 9.89. The molecule has 4 heterocycles. The quantitative estimate of drug-likeness (QED) is 0.480. The standard InChI is InChI=1S/C24H26N6O2/c1-24(14-32-15-24)13-27-23-22-18(6-7-25-23)10-26-21(29-22)9-17-5-4-16(8-20(17)31-3)19-11-28-30(2)12-19/h4-8,10-12H,9,13-15H2,1-3H3,(H,25,27). The first-order valence-electron chi connectivity index (χ1n) is 10.6. The van der Waals surface area contributed by atoms with Crippen LogP contribution in [-0.2, 0) is 18.2 Å². The van der Waals surface area contributed by atoms with Crippen molar-refractivity contribution in [2.45, 2.75) is 13.3 Å². The highest BCUT2D eigenvalue weighted by Gasteiger charge is 2.33. The van der Waals surface area contributed by atoms with Crippen molar-refractivity contribution in [3.8, 4) is 16.9 Å². The van der Waals surface area contributed by atoms with Crippen LogP contribution in [0.15, 0.2) is 49.1 Å². The van der Waals surface area contributed by atoms with Crippen LogP contribution in [0.3, 0.4) is 0 Å². The van der Waals surface area contributed by atoms with E-state index in [9.17, 15) is 0 Å². The first-order chi connectivity index (χ1) is 15.5. The normalized spacial score (nSPS) is 14.8. The van der Waals surface area contributed by atoms with Gasteiger partial charge in [0, 0.05) is 60.5 Å². The maximum Gasteiger partial charge on any atom is 0.152 e. The van der Waals surface area contributed by atoms with Crippen molar-refractivity contribution in [2.75, 3.05) is 32.2 Å². The first kappa shape index (κ1) is 20.4. The molecule has 0 unspecified atom stereocenters. The number of nitrogens with zero attached hydrogens (tertiary/aromatic N) is 5. The van der Waals surface area contributed by atoms with Crippen LogP contribution in [0.1, 0.15) is 18.3 Å². The Labute approximate surface area is 186 Å². The lowest BCUT2D eigenvalue weighted by molar-refractivity contribution is -0.0924. The number of aromatic nitrogens is 5. The van der Waals surface area contributed by atoms with Gasteiger partial charge in [0.05, 0.1) is 26.5 Å². The second-order valence-electron chi connectivity index (χ2n) is 8.65. The molecular formula is C24H26N6O2. The van der Waals surface area contributed by atoms with Gasteiger partial charge in [0.25, 0.3) is 0 Å². The molecule has 0 radical (unpaired) electrons. The number of pyridine rings is 1. The van der Waals surface area contributed by atoms with E-state index < -0.39 is 0 Å². The van der Waals surface area contributed by atoms with Crippen molar-refractivity contribution in [3.63, 3.8) is 0 Å². The van der Waals surface area contributed by atoms with Gasteiger partial charge in [-0.25, -0.2) is 15.0 Å². The molecule has 1 aliphatic heterocycles. The molecule has 1 saturated heterocycles. The SMILES string of the molecule is COc1cc(-c2cnn(C)c2)ccc1Cc1ncc2ccnc(NCC3(C)COC3)c2n1. The van der Waals surface area contributed by atoms with E-state index in [1.165, 1.54) is 0 Å². The predicted molar refractivity (Wildman–Crippen MR) is 123 cm³/mol. The van der Waals surface area contributed by atoms with E-state index in [1.54, 1.807) is 18.0 Å². The van der Waals surface area contributed by atoms with Crippen molar-refractivity contribution >= 4 is 16.7 Å². The van der Waals surface area contributed by atoms with Gasteiger partial charge in [-0.2, -0.15) is 5.10 Å². The van der Waals surface area contributed by atoms with Gasteiger partial charge in [0.2, 0.25) is 0 Å². The second kappa shape index (κ2) is 8.20. The van der Waals surface area contributed by atoms with Crippen LogP contribution in [0.5, 0.6) is 5.75 Å². The van der Waals surface area contributed by atoms with Crippen LogP contribution < -0.4 is 10.1 Å². The molecule has 3 aromatic heterocycles. The van der Waals surface area contributed by atoms with Gasteiger partial charge in [-0.3, -0.25) is 4.68 Å². The zero-order valence-corrected chi connectivity index (χ0v) is 18.5. The minimum absolute atomic E-state index is 0.142. The van der Waals surface area contributed by atoms with Crippen LogP contribution in [0.4, 0.5) is 5.82 Å². The highest BCUT2D eigenvalue weighted by molar-refractivity contribution is 5.87. The summed E-state index contributed by atoms with van der Waals surface area (Å²) in [5.41, 5.74) is 4.10.